The Kier molecular flexibility index (Phi) is 5.81. The second-order valence-electron chi connectivity index (χ2n) is 2.44. The van der Waals surface area contributed by atoms with Gasteiger partial charge in [0, 0.05) is 0 Å². The molecular weight excluding hydrogens is 219 g/mol. The first-order valence-electron chi connectivity index (χ1n) is 3.57. The molecule has 0 unspecified atom stereocenters. The fourth-order valence-electron chi connectivity index (χ4n) is 0.918. The first-order chi connectivity index (χ1) is 5.18. The van der Waals surface area contributed by atoms with E-state index in [0.29, 0.717) is 0 Å². The van der Waals surface area contributed by atoms with Crippen molar-refractivity contribution in [2.24, 2.45) is 0 Å². The highest BCUT2D eigenvalue weighted by molar-refractivity contribution is 9.42. The van der Waals surface area contributed by atoms with Gasteiger partial charge in [0.25, 0.3) is 0 Å². The van der Waals surface area contributed by atoms with Crippen LogP contribution in [0.1, 0.15) is 0 Å². The molecule has 0 radical (unpaired) electrons. The van der Waals surface area contributed by atoms with E-state index in [1.807, 2.05) is 18.2 Å². The Hall–Kier alpha value is 0.130. The van der Waals surface area contributed by atoms with E-state index in [1.165, 1.54) is 0 Å². The number of halogens is 1. The zero-order valence-corrected chi connectivity index (χ0v) is 9.28. The smallest absolute Gasteiger partial charge is 0.0995 e. The fraction of sp³-hybridized carbons (Fsp3) is 0.333. The van der Waals surface area contributed by atoms with Gasteiger partial charge in [-0.2, -0.15) is 0 Å². The highest BCUT2D eigenvalue weighted by atomic mass is 79.9. The van der Waals surface area contributed by atoms with Crippen molar-refractivity contribution < 1.29 is 0 Å². The predicted octanol–water partition coefficient (Wildman–Crippen LogP) is 3.87. The number of rotatable bonds is 6. The van der Waals surface area contributed by atoms with Gasteiger partial charge in [0.1, 0.15) is 15.5 Å². The molecule has 11 heavy (non-hydrogen) atoms. The minimum Gasteiger partial charge on any atom is -0.0995 e. The molecule has 0 fully saturated rings. The normalized spacial score (nSPS) is 10.6. The summed E-state index contributed by atoms with van der Waals surface area (Å²) in [5.74, 6) is -1.01. The summed E-state index contributed by atoms with van der Waals surface area (Å²) >= 11 is 3.76. The van der Waals surface area contributed by atoms with Gasteiger partial charge in [-0.1, -0.05) is 38.0 Å². The Balaban J connectivity index is 4.09. The van der Waals surface area contributed by atoms with Crippen molar-refractivity contribution in [1.29, 1.82) is 0 Å². The summed E-state index contributed by atoms with van der Waals surface area (Å²) in [5.41, 5.74) is 0. The van der Waals surface area contributed by atoms with E-state index in [0.717, 1.165) is 18.5 Å². The lowest BCUT2D eigenvalue weighted by molar-refractivity contribution is 1.58. The molecule has 0 spiro atoms. The van der Waals surface area contributed by atoms with Crippen LogP contribution in [0.25, 0.3) is 0 Å². The van der Waals surface area contributed by atoms with Gasteiger partial charge in [-0.3, -0.25) is 0 Å². The van der Waals surface area contributed by atoms with Crippen molar-refractivity contribution in [2.45, 2.75) is 0 Å². The first-order valence-corrected chi connectivity index (χ1v) is 7.93. The van der Waals surface area contributed by atoms with E-state index in [2.05, 4.69) is 35.2 Å². The van der Waals surface area contributed by atoms with Crippen molar-refractivity contribution >= 4 is 21.5 Å². The van der Waals surface area contributed by atoms with Gasteiger partial charge < -0.3 is 0 Å². The highest BCUT2D eigenvalue weighted by Crippen LogP contribution is 2.66. The van der Waals surface area contributed by atoms with Gasteiger partial charge >= 0.3 is 0 Å². The van der Waals surface area contributed by atoms with Crippen LogP contribution in [0.4, 0.5) is 0 Å². The first kappa shape index (κ1) is 11.1. The minimum atomic E-state index is -1.01. The molecule has 0 saturated carbocycles. The lowest BCUT2D eigenvalue weighted by Gasteiger charge is -2.13. The zero-order chi connectivity index (χ0) is 8.74. The SMILES string of the molecule is C=CC[P+](Br)(CC=C)CC=C. The lowest BCUT2D eigenvalue weighted by atomic mass is 10.7. The molecule has 0 aliphatic rings. The molecule has 0 amide bonds. The molecule has 0 aliphatic carbocycles. The van der Waals surface area contributed by atoms with Gasteiger partial charge in [0.05, 0.1) is 24.5 Å². The number of hydrogen-bond donors (Lipinski definition) is 0. The van der Waals surface area contributed by atoms with Crippen LogP contribution in [-0.2, 0) is 0 Å². The molecule has 0 aromatic heterocycles. The van der Waals surface area contributed by atoms with E-state index in [-0.39, 0.29) is 0 Å². The van der Waals surface area contributed by atoms with Crippen LogP contribution in [0, 0.1) is 0 Å². The van der Waals surface area contributed by atoms with Gasteiger partial charge in [-0.25, -0.2) is 0 Å². The Morgan fingerprint density at radius 2 is 1.18 bits per heavy atom. The summed E-state index contributed by atoms with van der Waals surface area (Å²) in [7, 11) is 0. The maximum atomic E-state index is 3.76. The Bertz CT molecular complexity index is 125. The Morgan fingerprint density at radius 1 is 0.909 bits per heavy atom. The van der Waals surface area contributed by atoms with Crippen molar-refractivity contribution in [1.82, 2.24) is 0 Å². The van der Waals surface area contributed by atoms with Crippen LogP contribution in [-0.4, -0.2) is 18.5 Å². The molecule has 2 heteroatoms. The standard InChI is InChI=1S/C9H15BrP/c1-4-7-11(10,8-5-2)9-6-3/h4-6H,1-3,7-9H2/q+1. The third kappa shape index (κ3) is 4.55. The molecule has 62 valence electrons. The molecule has 0 bridgehead atoms. The average molecular weight is 234 g/mol. The average Bonchev–Trinajstić information content (AvgIpc) is 1.88. The molecule has 0 heterocycles. The second-order valence-corrected chi connectivity index (χ2v) is 10.1. The van der Waals surface area contributed by atoms with Gasteiger partial charge in [-0.15, -0.1) is 0 Å². The Labute approximate surface area is 78.2 Å². The third-order valence-electron chi connectivity index (χ3n) is 1.37. The molecule has 0 aromatic rings. The quantitative estimate of drug-likeness (QED) is 0.483. The van der Waals surface area contributed by atoms with E-state index < -0.39 is 5.96 Å². The topological polar surface area (TPSA) is 0 Å². The van der Waals surface area contributed by atoms with E-state index in [4.69, 9.17) is 0 Å². The molecule has 0 rings (SSSR count). The van der Waals surface area contributed by atoms with Gasteiger partial charge in [0.2, 0.25) is 0 Å². The van der Waals surface area contributed by atoms with Crippen molar-refractivity contribution in [2.75, 3.05) is 18.5 Å². The van der Waals surface area contributed by atoms with Crippen molar-refractivity contribution in [3.63, 3.8) is 0 Å². The maximum Gasteiger partial charge on any atom is 0.139 e. The molecular formula is C9H15BrP+. The van der Waals surface area contributed by atoms with Crippen LogP contribution in [0.3, 0.4) is 0 Å². The summed E-state index contributed by atoms with van der Waals surface area (Å²) in [6.45, 7) is 11.2. The molecule has 0 N–H and O–H groups in total. The van der Waals surface area contributed by atoms with Crippen molar-refractivity contribution in [3.8, 4) is 0 Å². The summed E-state index contributed by atoms with van der Waals surface area (Å²) < 4.78 is 0. The number of allylic oxidation sites excluding steroid dienone is 3. The monoisotopic (exact) mass is 233 g/mol. The summed E-state index contributed by atoms with van der Waals surface area (Å²) in [5, 5.41) is 0. The van der Waals surface area contributed by atoms with Gasteiger partial charge in [0.15, 0.2) is 0 Å². The summed E-state index contributed by atoms with van der Waals surface area (Å²) in [6, 6.07) is 0. The zero-order valence-electron chi connectivity index (χ0n) is 6.80. The van der Waals surface area contributed by atoms with Crippen LogP contribution < -0.4 is 0 Å². The van der Waals surface area contributed by atoms with Crippen LogP contribution in [0.15, 0.2) is 38.0 Å². The molecule has 0 aromatic carbocycles. The number of hydrogen-bond acceptors (Lipinski definition) is 0. The van der Waals surface area contributed by atoms with E-state index >= 15 is 0 Å². The molecule has 0 aliphatic heterocycles. The minimum absolute atomic E-state index is 1.01. The van der Waals surface area contributed by atoms with Crippen LogP contribution in [0.5, 0.6) is 0 Å². The van der Waals surface area contributed by atoms with Crippen molar-refractivity contribution in [3.05, 3.63) is 38.0 Å². The summed E-state index contributed by atoms with van der Waals surface area (Å²) in [6.07, 6.45) is 9.09. The van der Waals surface area contributed by atoms with E-state index in [1.54, 1.807) is 0 Å². The fourth-order valence-corrected chi connectivity index (χ4v) is 4.60. The van der Waals surface area contributed by atoms with Crippen LogP contribution in [0.2, 0.25) is 0 Å². The molecule has 0 atom stereocenters. The summed E-state index contributed by atoms with van der Waals surface area (Å²) in [4.78, 5) is 0. The highest BCUT2D eigenvalue weighted by Gasteiger charge is 2.29. The van der Waals surface area contributed by atoms with E-state index in [9.17, 15) is 0 Å². The maximum absolute atomic E-state index is 3.76. The second kappa shape index (κ2) is 5.74. The largest absolute Gasteiger partial charge is 0.139 e. The van der Waals surface area contributed by atoms with Crippen LogP contribution >= 0.6 is 21.5 Å². The predicted molar refractivity (Wildman–Crippen MR) is 61.0 cm³/mol. The lowest BCUT2D eigenvalue weighted by Crippen LogP contribution is -1.95. The molecule has 0 saturated heterocycles. The Morgan fingerprint density at radius 3 is 1.36 bits per heavy atom. The third-order valence-corrected chi connectivity index (χ3v) is 6.71. The molecule has 0 nitrogen and oxygen atoms in total. The van der Waals surface area contributed by atoms with Gasteiger partial charge in [-0.05, 0) is 0 Å².